The molecule has 8 heteroatoms. The van der Waals surface area contributed by atoms with Crippen molar-refractivity contribution >= 4 is 22.5 Å². The van der Waals surface area contributed by atoms with E-state index in [0.717, 1.165) is 12.8 Å². The molecule has 1 fully saturated rings. The highest BCUT2D eigenvalue weighted by Crippen LogP contribution is 2.25. The van der Waals surface area contributed by atoms with E-state index in [-0.39, 0.29) is 23.0 Å². The Hall–Kier alpha value is -3.49. The molecule has 0 saturated carbocycles. The molecule has 4 aromatic rings. The average Bonchev–Trinajstić information content (AvgIpc) is 3.28. The molecule has 8 nitrogen and oxygen atoms in total. The van der Waals surface area contributed by atoms with Crippen molar-refractivity contribution in [1.29, 1.82) is 0 Å². The smallest absolute Gasteiger partial charge is 0.259 e. The summed E-state index contributed by atoms with van der Waals surface area (Å²) in [6.07, 6.45) is 3.09. The van der Waals surface area contributed by atoms with Gasteiger partial charge in [0.25, 0.3) is 11.5 Å². The van der Waals surface area contributed by atoms with Crippen molar-refractivity contribution in [3.05, 3.63) is 82.3 Å². The second-order valence-corrected chi connectivity index (χ2v) is 8.64. The van der Waals surface area contributed by atoms with Gasteiger partial charge in [0.15, 0.2) is 0 Å². The van der Waals surface area contributed by atoms with Crippen molar-refractivity contribution in [1.82, 2.24) is 25.2 Å². The molecule has 5 rings (SSSR count). The summed E-state index contributed by atoms with van der Waals surface area (Å²) in [4.78, 5) is 28.5. The number of carbonyl (C=O) groups excluding carboxylic acids is 1. The minimum atomic E-state index is -0.285. The Morgan fingerprint density at radius 2 is 1.88 bits per heavy atom. The number of aromatic amines is 1. The lowest BCUT2D eigenvalue weighted by molar-refractivity contribution is 0.0332. The van der Waals surface area contributed by atoms with Crippen LogP contribution in [0.3, 0.4) is 0 Å². The third-order valence-electron chi connectivity index (χ3n) is 6.48. The maximum absolute atomic E-state index is 13.2. The Kier molecular flexibility index (Phi) is 5.70. The number of hydrogen-bond acceptors (Lipinski definition) is 5. The topological polar surface area (TPSA) is 101 Å². The van der Waals surface area contributed by atoms with Gasteiger partial charge in [-0.2, -0.15) is 5.10 Å². The number of fused-ring (bicyclic) bond motifs is 3. The first-order valence-corrected chi connectivity index (χ1v) is 11.2. The van der Waals surface area contributed by atoms with Crippen molar-refractivity contribution in [3.63, 3.8) is 0 Å². The lowest BCUT2D eigenvalue weighted by atomic mass is 9.88. The molecule has 3 N–H and O–H groups in total. The number of benzene rings is 2. The van der Waals surface area contributed by atoms with E-state index in [9.17, 15) is 9.59 Å². The number of nitrogens with zero attached hydrogens (tertiary/aromatic N) is 2. The van der Waals surface area contributed by atoms with Gasteiger partial charge in [0, 0.05) is 31.3 Å². The molecule has 0 bridgehead atoms. The van der Waals surface area contributed by atoms with Gasteiger partial charge in [-0.05, 0) is 37.5 Å². The van der Waals surface area contributed by atoms with Gasteiger partial charge in [0.1, 0.15) is 11.2 Å². The lowest BCUT2D eigenvalue weighted by Gasteiger charge is -2.40. The molecule has 1 saturated heterocycles. The van der Waals surface area contributed by atoms with Crippen molar-refractivity contribution in [3.8, 4) is 0 Å². The van der Waals surface area contributed by atoms with Crippen molar-refractivity contribution < 1.29 is 9.53 Å². The minimum absolute atomic E-state index is 0.126. The lowest BCUT2D eigenvalue weighted by Crippen LogP contribution is -2.57. The molecule has 1 aliphatic rings. The van der Waals surface area contributed by atoms with Crippen LogP contribution in [0.4, 0.5) is 0 Å². The summed E-state index contributed by atoms with van der Waals surface area (Å²) in [6, 6.07) is 17.6. The van der Waals surface area contributed by atoms with Crippen LogP contribution < -0.4 is 16.2 Å². The fraction of sp³-hybridized carbons (Fsp3) is 0.320. The molecule has 0 spiro atoms. The fourth-order valence-corrected chi connectivity index (χ4v) is 4.61. The number of para-hydroxylation sites is 1. The van der Waals surface area contributed by atoms with Crippen LogP contribution in [0.1, 0.15) is 41.7 Å². The second kappa shape index (κ2) is 8.80. The van der Waals surface area contributed by atoms with Crippen LogP contribution in [0.15, 0.2) is 65.6 Å². The van der Waals surface area contributed by atoms with Gasteiger partial charge >= 0.3 is 0 Å². The van der Waals surface area contributed by atoms with E-state index in [2.05, 4.69) is 39.8 Å². The van der Waals surface area contributed by atoms with Crippen molar-refractivity contribution in [2.45, 2.75) is 31.3 Å². The highest BCUT2D eigenvalue weighted by atomic mass is 16.5. The fourth-order valence-electron chi connectivity index (χ4n) is 4.61. The monoisotopic (exact) mass is 445 g/mol. The molecule has 2 aromatic heterocycles. The Balaban J connectivity index is 1.38. The normalized spacial score (nSPS) is 16.6. The maximum atomic E-state index is 13.2. The predicted molar refractivity (Wildman–Crippen MR) is 126 cm³/mol. The third-order valence-corrected chi connectivity index (χ3v) is 6.48. The molecule has 3 heterocycles. The van der Waals surface area contributed by atoms with Gasteiger partial charge in [-0.3, -0.25) is 9.59 Å². The van der Waals surface area contributed by atoms with E-state index in [1.54, 1.807) is 16.6 Å². The Labute approximate surface area is 191 Å². The molecular weight excluding hydrogens is 418 g/mol. The molecule has 1 aliphatic heterocycles. The Bertz CT molecular complexity index is 1340. The van der Waals surface area contributed by atoms with Crippen LogP contribution in [0, 0.1) is 0 Å². The van der Waals surface area contributed by atoms with Crippen LogP contribution in [-0.2, 0) is 4.74 Å². The molecule has 170 valence electrons. The highest BCUT2D eigenvalue weighted by Gasteiger charge is 2.34. The van der Waals surface area contributed by atoms with Crippen LogP contribution in [0.25, 0.3) is 16.6 Å². The second-order valence-electron chi connectivity index (χ2n) is 8.64. The van der Waals surface area contributed by atoms with E-state index in [4.69, 9.17) is 4.74 Å². The van der Waals surface area contributed by atoms with Gasteiger partial charge in [-0.15, -0.1) is 0 Å². The molecule has 1 amide bonds. The number of carbonyl (C=O) groups is 1. The van der Waals surface area contributed by atoms with Gasteiger partial charge in [0.05, 0.1) is 17.1 Å². The Morgan fingerprint density at radius 1 is 1.15 bits per heavy atom. The highest BCUT2D eigenvalue weighted by molar-refractivity contribution is 6.00. The van der Waals surface area contributed by atoms with Crippen LogP contribution >= 0.6 is 0 Å². The predicted octanol–water partition coefficient (Wildman–Crippen LogP) is 2.81. The number of amides is 1. The molecular formula is C25H27N5O3. The van der Waals surface area contributed by atoms with E-state index in [1.807, 2.05) is 30.3 Å². The number of H-pyrrole nitrogens is 1. The zero-order chi connectivity index (χ0) is 22.8. The average molecular weight is 446 g/mol. The van der Waals surface area contributed by atoms with Gasteiger partial charge in [0.2, 0.25) is 0 Å². The van der Waals surface area contributed by atoms with E-state index < -0.39 is 0 Å². The summed E-state index contributed by atoms with van der Waals surface area (Å²) in [6.45, 7) is 3.86. The largest absolute Gasteiger partial charge is 0.381 e. The molecule has 2 aromatic carbocycles. The quantitative estimate of drug-likeness (QED) is 0.424. The zero-order valence-electron chi connectivity index (χ0n) is 18.5. The SMILES string of the molecule is CC(NC1(CNC(=O)c2cnn3c2[nH]c(=O)c2ccccc23)CCOCC1)c1ccccc1. The van der Waals surface area contributed by atoms with Crippen LogP contribution in [-0.4, -0.2) is 45.8 Å². The first-order chi connectivity index (χ1) is 16.1. The number of ether oxygens (including phenoxy) is 1. The number of rotatable bonds is 6. The number of nitrogens with one attached hydrogen (secondary N) is 3. The molecule has 1 unspecified atom stereocenters. The summed E-state index contributed by atoms with van der Waals surface area (Å²) in [5, 5.41) is 11.7. The summed E-state index contributed by atoms with van der Waals surface area (Å²) in [5.41, 5.74) is 2.06. The Morgan fingerprint density at radius 3 is 2.67 bits per heavy atom. The number of hydrogen-bond donors (Lipinski definition) is 3. The van der Waals surface area contributed by atoms with Gasteiger partial charge in [-0.25, -0.2) is 4.52 Å². The van der Waals surface area contributed by atoms with Gasteiger partial charge < -0.3 is 20.4 Å². The minimum Gasteiger partial charge on any atom is -0.381 e. The summed E-state index contributed by atoms with van der Waals surface area (Å²) in [7, 11) is 0. The van der Waals surface area contributed by atoms with E-state index in [1.165, 1.54) is 11.8 Å². The van der Waals surface area contributed by atoms with Crippen LogP contribution in [0.5, 0.6) is 0 Å². The summed E-state index contributed by atoms with van der Waals surface area (Å²) < 4.78 is 7.20. The molecule has 0 radical (unpaired) electrons. The first kappa shape index (κ1) is 21.4. The van der Waals surface area contributed by atoms with E-state index >= 15 is 0 Å². The molecule has 1 atom stereocenters. The maximum Gasteiger partial charge on any atom is 0.259 e. The van der Waals surface area contributed by atoms with Crippen LogP contribution in [0.2, 0.25) is 0 Å². The number of aromatic nitrogens is 3. The molecule has 33 heavy (non-hydrogen) atoms. The first-order valence-electron chi connectivity index (χ1n) is 11.2. The third kappa shape index (κ3) is 4.15. The summed E-state index contributed by atoms with van der Waals surface area (Å²) in [5.74, 6) is -0.268. The zero-order valence-corrected chi connectivity index (χ0v) is 18.5. The van der Waals surface area contributed by atoms with Crippen molar-refractivity contribution in [2.24, 2.45) is 0 Å². The summed E-state index contributed by atoms with van der Waals surface area (Å²) >= 11 is 0. The standard InChI is InChI=1S/C25H27N5O3/c1-17(18-7-3-2-4-8-18)29-25(11-13-33-14-12-25)16-26-23(31)20-15-27-30-21-10-6-5-9-19(21)24(32)28-22(20)30/h2-10,15,17,29H,11-14,16H2,1H3,(H,26,31)(H,28,32). The molecule has 0 aliphatic carbocycles. The van der Waals surface area contributed by atoms with E-state index in [0.29, 0.717) is 41.9 Å². The van der Waals surface area contributed by atoms with Gasteiger partial charge in [-0.1, -0.05) is 42.5 Å². The van der Waals surface area contributed by atoms with Crippen molar-refractivity contribution in [2.75, 3.05) is 19.8 Å².